The standard InChI is InChI=1S/C42H51FN8O5S/c1-28-39(57-26-47-28)29-11-12-30(24-46-41(52)56-42(2,3)4)35(21-29)45-15-8-20-54-32-14-13-31(34(43)22-32)25-50-16-18-51(19-17-50)37-23-36(48-49-40(37)44)33-9-6-7-10-38(33)55-27-53-5/h6-7,9-14,21-23,26,45H,8,15-20,24-25,27H2,1-5H3,(H2,44,49)(H,46,52). The number of nitrogen functional groups attached to an aromatic ring is 1. The van der Waals surface area contributed by atoms with Crippen molar-refractivity contribution in [1.82, 2.24) is 25.4 Å². The number of nitrogens with one attached hydrogen (secondary N) is 2. The van der Waals surface area contributed by atoms with Crippen LogP contribution in [0.15, 0.2) is 72.2 Å². The second-order valence-corrected chi connectivity index (χ2v) is 15.5. The number of benzene rings is 3. The van der Waals surface area contributed by atoms with E-state index in [2.05, 4.69) is 41.7 Å². The Labute approximate surface area is 337 Å². The molecule has 2 aromatic heterocycles. The van der Waals surface area contributed by atoms with Gasteiger partial charge in [-0.05, 0) is 75.6 Å². The molecule has 15 heteroatoms. The Morgan fingerprint density at radius 2 is 1.77 bits per heavy atom. The fraction of sp³-hybridized carbons (Fsp3) is 0.381. The summed E-state index contributed by atoms with van der Waals surface area (Å²) in [7, 11) is 1.57. The SMILES string of the molecule is COCOc1ccccc1-c1cc(N2CCN(Cc3ccc(OCCCNc4cc(-c5scnc5C)ccc4CNC(=O)OC(C)(C)C)cc3F)CC2)c(N)nn1. The van der Waals surface area contributed by atoms with E-state index in [4.69, 9.17) is 24.7 Å². The van der Waals surface area contributed by atoms with Crippen LogP contribution in [0.5, 0.6) is 11.5 Å². The van der Waals surface area contributed by atoms with Crippen molar-refractivity contribution in [1.29, 1.82) is 0 Å². The zero-order valence-corrected chi connectivity index (χ0v) is 34.0. The molecule has 1 aliphatic heterocycles. The molecule has 6 rings (SSSR count). The third-order valence-corrected chi connectivity index (χ3v) is 10.3. The minimum absolute atomic E-state index is 0.120. The fourth-order valence-corrected chi connectivity index (χ4v) is 7.22. The maximum Gasteiger partial charge on any atom is 0.407 e. The maximum absolute atomic E-state index is 15.3. The van der Waals surface area contributed by atoms with Crippen LogP contribution in [0.2, 0.25) is 0 Å². The van der Waals surface area contributed by atoms with Gasteiger partial charge in [-0.25, -0.2) is 14.2 Å². The number of anilines is 3. The van der Waals surface area contributed by atoms with Crippen LogP contribution in [0.3, 0.4) is 0 Å². The van der Waals surface area contributed by atoms with Crippen molar-refractivity contribution < 1.29 is 28.1 Å². The largest absolute Gasteiger partial charge is 0.493 e. The van der Waals surface area contributed by atoms with E-state index in [0.29, 0.717) is 74.3 Å². The summed E-state index contributed by atoms with van der Waals surface area (Å²) in [5, 5.41) is 14.9. The molecule has 0 atom stereocenters. The number of aromatic nitrogens is 3. The van der Waals surface area contributed by atoms with E-state index in [0.717, 1.165) is 51.7 Å². The first-order chi connectivity index (χ1) is 27.5. The first-order valence-electron chi connectivity index (χ1n) is 18.9. The number of thiazole rings is 1. The number of rotatable bonds is 16. The van der Waals surface area contributed by atoms with Crippen molar-refractivity contribution in [3.63, 3.8) is 0 Å². The van der Waals surface area contributed by atoms with Crippen molar-refractivity contribution in [2.45, 2.75) is 52.8 Å². The van der Waals surface area contributed by atoms with E-state index in [1.807, 2.05) is 81.7 Å². The van der Waals surface area contributed by atoms with Crippen LogP contribution in [0.25, 0.3) is 21.7 Å². The summed E-state index contributed by atoms with van der Waals surface area (Å²) in [6.07, 6.45) is 0.195. The second kappa shape index (κ2) is 19.1. The molecule has 0 radical (unpaired) electrons. The highest BCUT2D eigenvalue weighted by Crippen LogP contribution is 2.33. The van der Waals surface area contributed by atoms with Crippen LogP contribution in [0.4, 0.5) is 26.4 Å². The van der Waals surface area contributed by atoms with E-state index in [1.54, 1.807) is 24.5 Å². The number of ether oxygens (including phenoxy) is 4. The number of alkyl carbamates (subject to hydrolysis) is 1. The van der Waals surface area contributed by atoms with Crippen molar-refractivity contribution in [2.24, 2.45) is 0 Å². The van der Waals surface area contributed by atoms with Gasteiger partial charge in [-0.2, -0.15) is 0 Å². The topological polar surface area (TPSA) is 149 Å². The molecule has 0 saturated carbocycles. The normalized spacial score (nSPS) is 13.3. The zero-order chi connectivity index (χ0) is 40.4. The quantitative estimate of drug-likeness (QED) is 0.0670. The number of aryl methyl sites for hydroxylation is 1. The first kappa shape index (κ1) is 41.1. The number of amides is 1. The lowest BCUT2D eigenvalue weighted by molar-refractivity contribution is 0.0513. The first-order valence-corrected chi connectivity index (χ1v) is 19.8. The molecule has 3 heterocycles. The molecule has 57 heavy (non-hydrogen) atoms. The average molecular weight is 799 g/mol. The molecule has 0 bridgehead atoms. The van der Waals surface area contributed by atoms with Gasteiger partial charge in [0.25, 0.3) is 0 Å². The van der Waals surface area contributed by atoms with Gasteiger partial charge < -0.3 is 40.2 Å². The summed E-state index contributed by atoms with van der Waals surface area (Å²) < 4.78 is 37.5. The van der Waals surface area contributed by atoms with Crippen LogP contribution >= 0.6 is 11.3 Å². The molecule has 13 nitrogen and oxygen atoms in total. The zero-order valence-electron chi connectivity index (χ0n) is 33.1. The van der Waals surface area contributed by atoms with Gasteiger partial charge in [0.1, 0.15) is 22.9 Å². The lowest BCUT2D eigenvalue weighted by Gasteiger charge is -2.36. The second-order valence-electron chi connectivity index (χ2n) is 14.7. The highest BCUT2D eigenvalue weighted by molar-refractivity contribution is 7.13. The van der Waals surface area contributed by atoms with E-state index < -0.39 is 11.7 Å². The monoisotopic (exact) mass is 798 g/mol. The molecule has 302 valence electrons. The number of halogens is 1. The third-order valence-electron chi connectivity index (χ3n) is 9.27. The number of nitrogens with two attached hydrogens (primary N) is 1. The Morgan fingerprint density at radius 3 is 2.51 bits per heavy atom. The van der Waals surface area contributed by atoms with Gasteiger partial charge in [-0.1, -0.05) is 30.3 Å². The number of carbonyl (C=O) groups excluding carboxylic acids is 1. The van der Waals surface area contributed by atoms with Crippen molar-refractivity contribution in [2.75, 3.05) is 69.2 Å². The van der Waals surface area contributed by atoms with E-state index in [9.17, 15) is 4.79 Å². The molecule has 4 N–H and O–H groups in total. The van der Waals surface area contributed by atoms with Crippen molar-refractivity contribution in [3.05, 3.63) is 94.9 Å². The fourth-order valence-electron chi connectivity index (χ4n) is 6.42. The molecule has 1 fully saturated rings. The number of hydrogen-bond donors (Lipinski definition) is 3. The molecule has 0 aliphatic carbocycles. The Balaban J connectivity index is 0.988. The van der Waals surface area contributed by atoms with Gasteiger partial charge in [-0.3, -0.25) is 4.90 Å². The molecule has 0 unspecified atom stereocenters. The van der Waals surface area contributed by atoms with Crippen molar-refractivity contribution >= 4 is 34.6 Å². The highest BCUT2D eigenvalue weighted by atomic mass is 32.1. The van der Waals surface area contributed by atoms with Crippen LogP contribution in [-0.4, -0.2) is 85.0 Å². The molecule has 3 aromatic carbocycles. The minimum Gasteiger partial charge on any atom is -0.493 e. The molecule has 1 saturated heterocycles. The van der Waals surface area contributed by atoms with Gasteiger partial charge in [0.15, 0.2) is 12.6 Å². The Hall–Kier alpha value is -5.51. The molecule has 1 amide bonds. The van der Waals surface area contributed by atoms with Crippen LogP contribution < -0.4 is 30.7 Å². The highest BCUT2D eigenvalue weighted by Gasteiger charge is 2.22. The predicted molar refractivity (Wildman–Crippen MR) is 222 cm³/mol. The molecular formula is C42H51FN8O5S. The summed E-state index contributed by atoms with van der Waals surface area (Å²) in [4.78, 5) is 22.2. The third kappa shape index (κ3) is 11.3. The van der Waals surface area contributed by atoms with Crippen LogP contribution in [-0.2, 0) is 22.6 Å². The maximum atomic E-state index is 15.3. The summed E-state index contributed by atoms with van der Waals surface area (Å²) in [6, 6.07) is 20.7. The lowest BCUT2D eigenvalue weighted by Crippen LogP contribution is -2.46. The summed E-state index contributed by atoms with van der Waals surface area (Å²) in [5.41, 5.74) is 14.2. The van der Waals surface area contributed by atoms with E-state index in [1.165, 1.54) is 6.07 Å². The van der Waals surface area contributed by atoms with Crippen LogP contribution in [0.1, 0.15) is 44.0 Å². The number of carbonyl (C=O) groups is 1. The van der Waals surface area contributed by atoms with Gasteiger partial charge in [0.2, 0.25) is 0 Å². The van der Waals surface area contributed by atoms with Gasteiger partial charge in [-0.15, -0.1) is 21.5 Å². The van der Waals surface area contributed by atoms with Gasteiger partial charge in [0.05, 0.1) is 34.1 Å². The molecule has 0 spiro atoms. The summed E-state index contributed by atoms with van der Waals surface area (Å²) in [5.74, 6) is 1.18. The molecule has 5 aromatic rings. The summed E-state index contributed by atoms with van der Waals surface area (Å²) in [6.45, 7) is 12.2. The average Bonchev–Trinajstić information content (AvgIpc) is 3.63. The minimum atomic E-state index is -0.588. The van der Waals surface area contributed by atoms with E-state index >= 15 is 4.39 Å². The number of nitrogens with zero attached hydrogens (tertiary/aromatic N) is 5. The van der Waals surface area contributed by atoms with Gasteiger partial charge >= 0.3 is 6.09 Å². The van der Waals surface area contributed by atoms with Gasteiger partial charge in [0, 0.05) is 75.8 Å². The predicted octanol–water partition coefficient (Wildman–Crippen LogP) is 7.51. The van der Waals surface area contributed by atoms with Crippen molar-refractivity contribution in [3.8, 4) is 33.2 Å². The lowest BCUT2D eigenvalue weighted by atomic mass is 10.1. The van der Waals surface area contributed by atoms with E-state index in [-0.39, 0.29) is 12.6 Å². The van der Waals surface area contributed by atoms with Crippen LogP contribution in [0, 0.1) is 12.7 Å². The number of piperazine rings is 1. The number of hydrogen-bond acceptors (Lipinski definition) is 13. The number of para-hydroxylation sites is 1. The Bertz CT molecular complexity index is 2120. The Morgan fingerprint density at radius 1 is 0.982 bits per heavy atom. The number of methoxy groups -OCH3 is 1. The summed E-state index contributed by atoms with van der Waals surface area (Å²) >= 11 is 1.59. The Kier molecular flexibility index (Phi) is 13.8. The smallest absolute Gasteiger partial charge is 0.407 e. The molecule has 1 aliphatic rings. The molecular weight excluding hydrogens is 748 g/mol.